The van der Waals surface area contributed by atoms with Crippen molar-refractivity contribution in [1.29, 1.82) is 0 Å². The van der Waals surface area contributed by atoms with Gasteiger partial charge in [-0.25, -0.2) is 9.78 Å². The van der Waals surface area contributed by atoms with Gasteiger partial charge < -0.3 is 9.84 Å². The van der Waals surface area contributed by atoms with Crippen molar-refractivity contribution in [2.75, 3.05) is 0 Å². The van der Waals surface area contributed by atoms with Crippen molar-refractivity contribution in [3.63, 3.8) is 0 Å². The number of rotatable bonds is 1. The molecule has 1 rings (SSSR count). The molecule has 0 atom stereocenters. The average molecular weight is 232 g/mol. The van der Waals surface area contributed by atoms with Crippen molar-refractivity contribution in [2.45, 2.75) is 6.92 Å². The second-order valence-electron chi connectivity index (χ2n) is 2.08. The molecule has 0 radical (unpaired) electrons. The van der Waals surface area contributed by atoms with Crippen LogP contribution in [-0.4, -0.2) is 16.2 Å². The van der Waals surface area contributed by atoms with E-state index in [2.05, 4.69) is 25.7 Å². The van der Waals surface area contributed by atoms with Crippen LogP contribution in [0.3, 0.4) is 0 Å². The van der Waals surface area contributed by atoms with Gasteiger partial charge in [-0.15, -0.1) is 0 Å². The van der Waals surface area contributed by atoms with Crippen molar-refractivity contribution >= 4 is 22.1 Å². The summed E-state index contributed by atoms with van der Waals surface area (Å²) in [6.45, 7) is 1.75. The van der Waals surface area contributed by atoms with Gasteiger partial charge in [0, 0.05) is 10.5 Å². The van der Waals surface area contributed by atoms with E-state index in [1.165, 1.54) is 6.07 Å². The quantitative estimate of drug-likeness (QED) is 0.754. The van der Waals surface area contributed by atoms with Crippen LogP contribution in [0.4, 0.5) is 4.79 Å². The zero-order valence-electron chi connectivity index (χ0n) is 6.24. The summed E-state index contributed by atoms with van der Waals surface area (Å²) in [6.07, 6.45) is -1.36. The summed E-state index contributed by atoms with van der Waals surface area (Å²) in [5, 5.41) is 8.25. The van der Waals surface area contributed by atoms with Crippen LogP contribution >= 0.6 is 15.9 Å². The number of ether oxygens (including phenoxy) is 1. The molecule has 1 heterocycles. The molecule has 1 aromatic rings. The Balaban J connectivity index is 2.89. The third-order valence-corrected chi connectivity index (χ3v) is 2.03. The second-order valence-corrected chi connectivity index (χ2v) is 2.94. The lowest BCUT2D eigenvalue weighted by Gasteiger charge is -2.00. The predicted octanol–water partition coefficient (Wildman–Crippen LogP) is 2.21. The van der Waals surface area contributed by atoms with Gasteiger partial charge in [0.05, 0.1) is 5.69 Å². The summed E-state index contributed by atoms with van der Waals surface area (Å²) < 4.78 is 5.15. The largest absolute Gasteiger partial charge is 0.512 e. The highest BCUT2D eigenvalue weighted by Crippen LogP contribution is 2.17. The normalized spacial score (nSPS) is 9.50. The third-order valence-electron chi connectivity index (χ3n) is 1.19. The molecule has 5 heteroatoms. The number of aromatic nitrogens is 1. The molecule has 0 aliphatic carbocycles. The van der Waals surface area contributed by atoms with Crippen LogP contribution in [0, 0.1) is 6.92 Å². The molecule has 0 saturated heterocycles. The Bertz CT molecular complexity index is 314. The van der Waals surface area contributed by atoms with E-state index in [-0.39, 0.29) is 5.88 Å². The van der Waals surface area contributed by atoms with Crippen molar-refractivity contribution in [3.8, 4) is 5.88 Å². The number of halogens is 1. The fourth-order valence-corrected chi connectivity index (χ4v) is 0.888. The molecular weight excluding hydrogens is 226 g/mol. The van der Waals surface area contributed by atoms with Crippen LogP contribution in [-0.2, 0) is 0 Å². The van der Waals surface area contributed by atoms with Crippen LogP contribution in [0.25, 0.3) is 0 Å². The van der Waals surface area contributed by atoms with Crippen LogP contribution in [0.1, 0.15) is 5.69 Å². The van der Waals surface area contributed by atoms with Gasteiger partial charge >= 0.3 is 6.16 Å². The van der Waals surface area contributed by atoms with Crippen LogP contribution in [0.15, 0.2) is 16.6 Å². The summed E-state index contributed by atoms with van der Waals surface area (Å²) in [4.78, 5) is 14.0. The highest BCUT2D eigenvalue weighted by Gasteiger charge is 2.03. The highest BCUT2D eigenvalue weighted by molar-refractivity contribution is 9.10. The fourth-order valence-electron chi connectivity index (χ4n) is 0.667. The first-order valence-electron chi connectivity index (χ1n) is 3.13. The van der Waals surface area contributed by atoms with Gasteiger partial charge in [-0.2, -0.15) is 0 Å². The Morgan fingerprint density at radius 3 is 2.83 bits per heavy atom. The van der Waals surface area contributed by atoms with Gasteiger partial charge in [0.2, 0.25) is 5.88 Å². The molecule has 1 N–H and O–H groups in total. The van der Waals surface area contributed by atoms with E-state index in [1.807, 2.05) is 0 Å². The van der Waals surface area contributed by atoms with Crippen molar-refractivity contribution in [1.82, 2.24) is 4.98 Å². The van der Waals surface area contributed by atoms with Gasteiger partial charge in [0.25, 0.3) is 0 Å². The first-order chi connectivity index (χ1) is 5.59. The predicted molar refractivity (Wildman–Crippen MR) is 45.3 cm³/mol. The molecular formula is C7H6BrNO3. The Kier molecular flexibility index (Phi) is 2.65. The van der Waals surface area contributed by atoms with E-state index in [0.29, 0.717) is 5.69 Å². The van der Waals surface area contributed by atoms with Crippen LogP contribution in [0.2, 0.25) is 0 Å². The Morgan fingerprint density at radius 2 is 2.33 bits per heavy atom. The molecule has 4 nitrogen and oxygen atoms in total. The number of pyridine rings is 1. The minimum absolute atomic E-state index is 0.0863. The van der Waals surface area contributed by atoms with Crippen LogP contribution < -0.4 is 4.74 Å². The lowest BCUT2D eigenvalue weighted by atomic mass is 10.4. The Morgan fingerprint density at radius 1 is 1.67 bits per heavy atom. The summed E-state index contributed by atoms with van der Waals surface area (Å²) in [6, 6.07) is 3.16. The van der Waals surface area contributed by atoms with Crippen molar-refractivity contribution in [2.24, 2.45) is 0 Å². The molecule has 12 heavy (non-hydrogen) atoms. The first-order valence-corrected chi connectivity index (χ1v) is 3.93. The van der Waals surface area contributed by atoms with Gasteiger partial charge in [-0.3, -0.25) is 0 Å². The molecule has 0 spiro atoms. The number of hydrogen-bond acceptors (Lipinski definition) is 3. The lowest BCUT2D eigenvalue weighted by molar-refractivity contribution is 0.142. The minimum atomic E-state index is -1.36. The molecule has 64 valence electrons. The molecule has 1 aromatic heterocycles. The minimum Gasteiger partial charge on any atom is -0.449 e. The number of carbonyl (C=O) groups is 1. The van der Waals surface area contributed by atoms with Gasteiger partial charge in [0.15, 0.2) is 0 Å². The summed E-state index contributed by atoms with van der Waals surface area (Å²) in [7, 11) is 0. The zero-order chi connectivity index (χ0) is 9.14. The fraction of sp³-hybridized carbons (Fsp3) is 0.143. The molecule has 0 fully saturated rings. The summed E-state index contributed by atoms with van der Waals surface area (Å²) in [5.41, 5.74) is 0.689. The van der Waals surface area contributed by atoms with E-state index < -0.39 is 6.16 Å². The summed E-state index contributed by atoms with van der Waals surface area (Å²) in [5.74, 6) is 0.0863. The third kappa shape index (κ3) is 2.20. The highest BCUT2D eigenvalue weighted by atomic mass is 79.9. The molecule has 0 amide bonds. The average Bonchev–Trinajstić information content (AvgIpc) is 1.96. The van der Waals surface area contributed by atoms with E-state index in [9.17, 15) is 4.79 Å². The Hall–Kier alpha value is -1.10. The Labute approximate surface area is 77.3 Å². The van der Waals surface area contributed by atoms with Gasteiger partial charge in [-0.05, 0) is 28.9 Å². The number of hydrogen-bond donors (Lipinski definition) is 1. The van der Waals surface area contributed by atoms with Crippen molar-refractivity contribution in [3.05, 3.63) is 22.3 Å². The van der Waals surface area contributed by atoms with Crippen LogP contribution in [0.5, 0.6) is 5.88 Å². The maximum atomic E-state index is 10.1. The maximum absolute atomic E-state index is 10.1. The molecule has 0 bridgehead atoms. The topological polar surface area (TPSA) is 59.4 Å². The SMILES string of the molecule is Cc1nc(OC(=O)O)ccc1Br. The molecule has 0 aliphatic heterocycles. The molecule has 0 saturated carbocycles. The van der Waals surface area contributed by atoms with E-state index in [4.69, 9.17) is 5.11 Å². The summed E-state index contributed by atoms with van der Waals surface area (Å²) >= 11 is 3.23. The maximum Gasteiger partial charge on any atom is 0.512 e. The van der Waals surface area contributed by atoms with E-state index >= 15 is 0 Å². The number of aryl methyl sites for hydroxylation is 1. The molecule has 0 aliphatic rings. The second kappa shape index (κ2) is 3.53. The van der Waals surface area contributed by atoms with Gasteiger partial charge in [-0.1, -0.05) is 0 Å². The zero-order valence-corrected chi connectivity index (χ0v) is 7.83. The van der Waals surface area contributed by atoms with E-state index in [1.54, 1.807) is 13.0 Å². The van der Waals surface area contributed by atoms with Gasteiger partial charge in [0.1, 0.15) is 0 Å². The number of carboxylic acid groups (broad SMARTS) is 1. The molecule has 0 aromatic carbocycles. The number of nitrogens with zero attached hydrogens (tertiary/aromatic N) is 1. The smallest absolute Gasteiger partial charge is 0.449 e. The lowest BCUT2D eigenvalue weighted by Crippen LogP contribution is -2.04. The first kappa shape index (κ1) is 8.99. The van der Waals surface area contributed by atoms with Crippen molar-refractivity contribution < 1.29 is 14.6 Å². The standard InChI is InChI=1S/C7H6BrNO3/c1-4-5(8)2-3-6(9-4)12-7(10)11/h2-3H,1H3,(H,10,11). The monoisotopic (exact) mass is 231 g/mol. The molecule has 0 unspecified atom stereocenters. The van der Waals surface area contributed by atoms with E-state index in [0.717, 1.165) is 4.47 Å².